The molecule has 6 heteroatoms. The first-order valence-corrected chi connectivity index (χ1v) is 8.41. The van der Waals surface area contributed by atoms with Gasteiger partial charge in [-0.15, -0.1) is 0 Å². The Hall–Kier alpha value is -2.34. The number of carboxylic acids is 1. The van der Waals surface area contributed by atoms with Crippen LogP contribution in [0.15, 0.2) is 64.1 Å². The van der Waals surface area contributed by atoms with Gasteiger partial charge in [0.15, 0.2) is 5.76 Å². The topological polar surface area (TPSA) is 49.8 Å². The maximum absolute atomic E-state index is 14.2. The van der Waals surface area contributed by atoms with Crippen molar-refractivity contribution in [2.45, 2.75) is 13.3 Å². The van der Waals surface area contributed by atoms with Gasteiger partial charge in [-0.1, -0.05) is 35.5 Å². The summed E-state index contributed by atoms with van der Waals surface area (Å²) in [6.45, 7) is 5.86. The molecule has 0 saturated heterocycles. The zero-order valence-electron chi connectivity index (χ0n) is 14.3. The van der Waals surface area contributed by atoms with Gasteiger partial charge in [0.1, 0.15) is 11.4 Å². The fraction of sp³-hybridized carbons (Fsp3) is 0.211. The SMILES string of the molecule is C=C(/C=C1/C(OC)=C(C(=O)O)C=C(CC)N1C)c1ccc(Br)cc1F. The molecule has 0 aromatic heterocycles. The fourth-order valence-electron chi connectivity index (χ4n) is 2.64. The zero-order chi connectivity index (χ0) is 18.7. The summed E-state index contributed by atoms with van der Waals surface area (Å²) in [4.78, 5) is 13.4. The van der Waals surface area contributed by atoms with Crippen molar-refractivity contribution in [1.82, 2.24) is 4.90 Å². The van der Waals surface area contributed by atoms with Crippen molar-refractivity contribution in [3.8, 4) is 0 Å². The Morgan fingerprint density at radius 3 is 2.68 bits per heavy atom. The first kappa shape index (κ1) is 19.0. The molecule has 0 unspecified atom stereocenters. The monoisotopic (exact) mass is 407 g/mol. The standard InChI is InChI=1S/C19H19BrFNO3/c1-5-13-10-15(19(23)24)18(25-4)17(22(13)3)8-11(2)14-7-6-12(20)9-16(14)21/h6-10H,2,5H2,1,3-4H3,(H,23,24)/b17-8-. The van der Waals surface area contributed by atoms with E-state index in [4.69, 9.17) is 4.74 Å². The first-order valence-electron chi connectivity index (χ1n) is 7.62. The molecule has 0 saturated carbocycles. The van der Waals surface area contributed by atoms with Gasteiger partial charge in [-0.2, -0.15) is 0 Å². The molecule has 0 aliphatic carbocycles. The lowest BCUT2D eigenvalue weighted by Gasteiger charge is -2.31. The van der Waals surface area contributed by atoms with E-state index in [-0.39, 0.29) is 11.3 Å². The molecule has 1 aliphatic rings. The molecule has 0 radical (unpaired) electrons. The maximum Gasteiger partial charge on any atom is 0.339 e. The van der Waals surface area contributed by atoms with Crippen LogP contribution >= 0.6 is 15.9 Å². The van der Waals surface area contributed by atoms with E-state index in [1.54, 1.807) is 24.3 Å². The Balaban J connectivity index is 2.57. The lowest BCUT2D eigenvalue weighted by Crippen LogP contribution is -2.25. The molecule has 1 aliphatic heterocycles. The van der Waals surface area contributed by atoms with Gasteiger partial charge in [0.25, 0.3) is 0 Å². The number of hydrogen-bond acceptors (Lipinski definition) is 3. The van der Waals surface area contributed by atoms with Gasteiger partial charge < -0.3 is 14.7 Å². The molecule has 1 N–H and O–H groups in total. The summed E-state index contributed by atoms with van der Waals surface area (Å²) in [7, 11) is 3.22. The molecule has 0 fully saturated rings. The number of methoxy groups -OCH3 is 1. The van der Waals surface area contributed by atoms with Gasteiger partial charge in [0.2, 0.25) is 0 Å². The Morgan fingerprint density at radius 2 is 2.16 bits per heavy atom. The molecular weight excluding hydrogens is 389 g/mol. The van der Waals surface area contributed by atoms with Crippen molar-refractivity contribution < 1.29 is 19.0 Å². The summed E-state index contributed by atoms with van der Waals surface area (Å²) in [6, 6.07) is 4.70. The third kappa shape index (κ3) is 3.85. The Labute approximate surface area is 154 Å². The van der Waals surface area contributed by atoms with Crippen LogP contribution in [0.3, 0.4) is 0 Å². The molecule has 2 rings (SSSR count). The van der Waals surface area contributed by atoms with E-state index in [0.29, 0.717) is 27.7 Å². The summed E-state index contributed by atoms with van der Waals surface area (Å²) < 4.78 is 20.2. The van der Waals surface area contributed by atoms with Crippen LogP contribution in [0.25, 0.3) is 5.57 Å². The molecule has 4 nitrogen and oxygen atoms in total. The van der Waals surface area contributed by atoms with E-state index >= 15 is 0 Å². The van der Waals surface area contributed by atoms with Crippen LogP contribution < -0.4 is 0 Å². The van der Waals surface area contributed by atoms with Crippen molar-refractivity contribution in [2.75, 3.05) is 14.2 Å². The number of benzene rings is 1. The summed E-state index contributed by atoms with van der Waals surface area (Å²) in [5.41, 5.74) is 2.15. The number of nitrogens with zero attached hydrogens (tertiary/aromatic N) is 1. The van der Waals surface area contributed by atoms with E-state index in [2.05, 4.69) is 22.5 Å². The first-order chi connectivity index (χ1) is 11.8. The van der Waals surface area contributed by atoms with Crippen molar-refractivity contribution >= 4 is 27.5 Å². The molecule has 0 spiro atoms. The lowest BCUT2D eigenvalue weighted by molar-refractivity contribution is -0.132. The molecule has 132 valence electrons. The van der Waals surface area contributed by atoms with Gasteiger partial charge in [-0.25, -0.2) is 9.18 Å². The second-order valence-corrected chi connectivity index (χ2v) is 6.39. The molecule has 25 heavy (non-hydrogen) atoms. The quantitative estimate of drug-likeness (QED) is 0.767. The van der Waals surface area contributed by atoms with Gasteiger partial charge in [-0.05, 0) is 36.3 Å². The molecule has 1 aromatic rings. The second kappa shape index (κ2) is 7.70. The highest BCUT2D eigenvalue weighted by atomic mass is 79.9. The van der Waals surface area contributed by atoms with E-state index in [0.717, 1.165) is 5.70 Å². The second-order valence-electron chi connectivity index (χ2n) is 5.48. The third-order valence-corrected chi connectivity index (χ3v) is 4.46. The lowest BCUT2D eigenvalue weighted by atomic mass is 10.00. The summed E-state index contributed by atoms with van der Waals surface area (Å²) in [6.07, 6.45) is 3.86. The fourth-order valence-corrected chi connectivity index (χ4v) is 2.97. The van der Waals surface area contributed by atoms with Crippen LogP contribution in [-0.2, 0) is 9.53 Å². The van der Waals surface area contributed by atoms with Crippen LogP contribution in [0.5, 0.6) is 0 Å². The minimum Gasteiger partial charge on any atom is -0.494 e. The van der Waals surface area contributed by atoms with Gasteiger partial charge in [0, 0.05) is 22.8 Å². The average molecular weight is 408 g/mol. The Morgan fingerprint density at radius 1 is 1.48 bits per heavy atom. The number of hydrogen-bond donors (Lipinski definition) is 1. The number of carbonyl (C=O) groups is 1. The van der Waals surface area contributed by atoms with Crippen LogP contribution in [0, 0.1) is 5.82 Å². The molecular formula is C19H19BrFNO3. The highest BCUT2D eigenvalue weighted by molar-refractivity contribution is 9.10. The summed E-state index contributed by atoms with van der Waals surface area (Å²) >= 11 is 3.22. The van der Waals surface area contributed by atoms with Crippen LogP contribution in [0.1, 0.15) is 18.9 Å². The molecule has 0 amide bonds. The van der Waals surface area contributed by atoms with Crippen LogP contribution in [0.2, 0.25) is 0 Å². The number of ether oxygens (including phenoxy) is 1. The number of carboxylic acid groups (broad SMARTS) is 1. The average Bonchev–Trinajstić information content (AvgIpc) is 2.55. The summed E-state index contributed by atoms with van der Waals surface area (Å²) in [5, 5.41) is 9.47. The van der Waals surface area contributed by atoms with Gasteiger partial charge in [-0.3, -0.25) is 0 Å². The van der Waals surface area contributed by atoms with Gasteiger partial charge in [0.05, 0.1) is 12.8 Å². The van der Waals surface area contributed by atoms with Crippen molar-refractivity contribution in [3.05, 3.63) is 75.5 Å². The van der Waals surface area contributed by atoms with Crippen LogP contribution in [-0.4, -0.2) is 30.1 Å². The van der Waals surface area contributed by atoms with E-state index in [9.17, 15) is 14.3 Å². The Bertz CT molecular complexity index is 824. The molecule has 1 aromatic carbocycles. The highest BCUT2D eigenvalue weighted by Gasteiger charge is 2.27. The Kier molecular flexibility index (Phi) is 5.85. The number of allylic oxidation sites excluding steroid dienone is 3. The normalized spacial score (nSPS) is 16.1. The van der Waals surface area contributed by atoms with Crippen molar-refractivity contribution in [2.24, 2.45) is 0 Å². The minimum absolute atomic E-state index is 0.0628. The maximum atomic E-state index is 14.2. The van der Waals surface area contributed by atoms with Crippen LogP contribution in [0.4, 0.5) is 4.39 Å². The zero-order valence-corrected chi connectivity index (χ0v) is 15.9. The predicted octanol–water partition coefficient (Wildman–Crippen LogP) is 4.71. The number of aliphatic carboxylic acids is 1. The number of rotatable bonds is 5. The smallest absolute Gasteiger partial charge is 0.339 e. The number of likely N-dealkylation sites (N-methyl/N-ethyl adjacent to an activating group) is 1. The third-order valence-electron chi connectivity index (χ3n) is 3.97. The van der Waals surface area contributed by atoms with Crippen molar-refractivity contribution in [1.29, 1.82) is 0 Å². The highest BCUT2D eigenvalue weighted by Crippen LogP contribution is 2.33. The molecule has 0 atom stereocenters. The summed E-state index contributed by atoms with van der Waals surface area (Å²) in [5.74, 6) is -1.28. The van der Waals surface area contributed by atoms with Crippen molar-refractivity contribution in [3.63, 3.8) is 0 Å². The molecule has 1 heterocycles. The minimum atomic E-state index is -1.08. The van der Waals surface area contributed by atoms with E-state index in [1.165, 1.54) is 13.2 Å². The van der Waals surface area contributed by atoms with E-state index in [1.807, 2.05) is 18.9 Å². The predicted molar refractivity (Wildman–Crippen MR) is 99.0 cm³/mol. The van der Waals surface area contributed by atoms with E-state index < -0.39 is 11.8 Å². The number of halogens is 2. The molecule has 0 bridgehead atoms. The van der Waals surface area contributed by atoms with Gasteiger partial charge >= 0.3 is 5.97 Å². The largest absolute Gasteiger partial charge is 0.494 e.